The van der Waals surface area contributed by atoms with Crippen LogP contribution in [0, 0.1) is 0 Å². The van der Waals surface area contributed by atoms with Gasteiger partial charge in [-0.1, -0.05) is 0 Å². The Kier molecular flexibility index (Phi) is 5.61. The minimum absolute atomic E-state index is 0.0892. The van der Waals surface area contributed by atoms with E-state index in [-0.39, 0.29) is 25.6 Å². The van der Waals surface area contributed by atoms with Gasteiger partial charge in [-0.05, 0) is 18.2 Å². The Labute approximate surface area is 166 Å². The largest absolute Gasteiger partial charge is 0.486 e. The van der Waals surface area contributed by atoms with Gasteiger partial charge in [0.25, 0.3) is 0 Å². The van der Waals surface area contributed by atoms with E-state index in [0.29, 0.717) is 19.8 Å². The number of aliphatic hydroxyl groups is 1. The van der Waals surface area contributed by atoms with E-state index in [9.17, 15) is 4.79 Å². The van der Waals surface area contributed by atoms with Crippen molar-refractivity contribution in [2.75, 3.05) is 31.7 Å². The number of carbonyl (C=O) groups excluding carboxylic acids is 1. The van der Waals surface area contributed by atoms with Crippen molar-refractivity contribution in [1.82, 2.24) is 25.3 Å². The summed E-state index contributed by atoms with van der Waals surface area (Å²) in [6.07, 6.45) is 5.18. The topological polar surface area (TPSA) is 126 Å². The molecule has 3 aromatic rings. The van der Waals surface area contributed by atoms with Crippen LogP contribution in [0.5, 0.6) is 11.5 Å². The number of aliphatic hydroxyl groups excluding tert-OH is 1. The quantitative estimate of drug-likeness (QED) is 0.441. The van der Waals surface area contributed by atoms with Gasteiger partial charge in [0.2, 0.25) is 5.91 Å². The van der Waals surface area contributed by atoms with Crippen LogP contribution in [-0.4, -0.2) is 57.4 Å². The fourth-order valence-electron chi connectivity index (χ4n) is 3.03. The molecule has 0 saturated carbocycles. The molecular weight excluding hydrogens is 376 g/mol. The van der Waals surface area contributed by atoms with Crippen molar-refractivity contribution in [1.29, 1.82) is 0 Å². The highest BCUT2D eigenvalue weighted by Gasteiger charge is 2.15. The molecule has 0 bridgehead atoms. The molecule has 10 nitrogen and oxygen atoms in total. The third-order valence-corrected chi connectivity index (χ3v) is 4.40. The molecule has 0 aliphatic carbocycles. The molecule has 1 aliphatic rings. The van der Waals surface area contributed by atoms with Crippen molar-refractivity contribution in [3.8, 4) is 22.8 Å². The number of benzene rings is 1. The maximum atomic E-state index is 11.7. The minimum atomic E-state index is -0.204. The van der Waals surface area contributed by atoms with Crippen molar-refractivity contribution in [3.63, 3.8) is 0 Å². The summed E-state index contributed by atoms with van der Waals surface area (Å²) in [5, 5.41) is 26.0. The summed E-state index contributed by atoms with van der Waals surface area (Å²) >= 11 is 0. The number of ether oxygens (including phenoxy) is 2. The Morgan fingerprint density at radius 2 is 2.10 bits per heavy atom. The molecular formula is C19H22N6O4. The van der Waals surface area contributed by atoms with Crippen LogP contribution in [0.25, 0.3) is 11.3 Å². The summed E-state index contributed by atoms with van der Waals surface area (Å²) in [5.41, 5.74) is 3.62. The molecule has 2 aromatic heterocycles. The average molecular weight is 398 g/mol. The Morgan fingerprint density at radius 1 is 1.24 bits per heavy atom. The SMILES string of the molecule is O=C(Cn1cc(NCc2cn[nH]c2-c2ccc3c(c2)OCCO3)cn1)NCCO. The van der Waals surface area contributed by atoms with E-state index >= 15 is 0 Å². The zero-order valence-electron chi connectivity index (χ0n) is 15.7. The van der Waals surface area contributed by atoms with Crippen LogP contribution in [0.2, 0.25) is 0 Å². The molecule has 0 saturated heterocycles. The van der Waals surface area contributed by atoms with Gasteiger partial charge in [0, 0.05) is 30.4 Å². The smallest absolute Gasteiger partial charge is 0.241 e. The normalized spacial score (nSPS) is 12.6. The highest BCUT2D eigenvalue weighted by molar-refractivity contribution is 5.75. The highest BCUT2D eigenvalue weighted by Crippen LogP contribution is 2.34. The number of aromatic amines is 1. The van der Waals surface area contributed by atoms with Gasteiger partial charge in [-0.15, -0.1) is 0 Å². The second-order valence-electron chi connectivity index (χ2n) is 6.48. The number of hydrogen-bond donors (Lipinski definition) is 4. The maximum Gasteiger partial charge on any atom is 0.241 e. The maximum absolute atomic E-state index is 11.7. The molecule has 1 aliphatic heterocycles. The van der Waals surface area contributed by atoms with E-state index in [1.807, 2.05) is 18.2 Å². The van der Waals surface area contributed by atoms with Crippen LogP contribution >= 0.6 is 0 Å². The van der Waals surface area contributed by atoms with Crippen LogP contribution in [0.15, 0.2) is 36.8 Å². The van der Waals surface area contributed by atoms with E-state index in [0.717, 1.165) is 34.0 Å². The first-order valence-corrected chi connectivity index (χ1v) is 9.29. The number of nitrogens with one attached hydrogen (secondary N) is 3. The predicted octanol–water partition coefficient (Wildman–Crippen LogP) is 0.765. The number of anilines is 1. The molecule has 29 heavy (non-hydrogen) atoms. The number of amides is 1. The molecule has 1 aromatic carbocycles. The lowest BCUT2D eigenvalue weighted by Crippen LogP contribution is -2.30. The van der Waals surface area contributed by atoms with Gasteiger partial charge in [-0.25, -0.2) is 0 Å². The van der Waals surface area contributed by atoms with Crippen LogP contribution in [0.1, 0.15) is 5.56 Å². The molecule has 3 heterocycles. The number of hydrogen-bond acceptors (Lipinski definition) is 7. The molecule has 10 heteroatoms. The number of nitrogens with zero attached hydrogens (tertiary/aromatic N) is 3. The standard InChI is InChI=1S/C19H22N6O4/c26-4-3-20-18(27)12-25-11-15(10-23-25)21-8-14-9-22-24-19(14)13-1-2-16-17(7-13)29-6-5-28-16/h1-2,7,9-11,21,26H,3-6,8,12H2,(H,20,27)(H,22,24). The summed E-state index contributed by atoms with van der Waals surface area (Å²) in [5.74, 6) is 1.27. The summed E-state index contributed by atoms with van der Waals surface area (Å²) in [6.45, 7) is 1.86. The predicted molar refractivity (Wildman–Crippen MR) is 105 cm³/mol. The van der Waals surface area contributed by atoms with Crippen molar-refractivity contribution < 1.29 is 19.4 Å². The lowest BCUT2D eigenvalue weighted by atomic mass is 10.1. The van der Waals surface area contributed by atoms with Crippen LogP contribution in [-0.2, 0) is 17.9 Å². The van der Waals surface area contributed by atoms with Gasteiger partial charge in [0.15, 0.2) is 11.5 Å². The number of carbonyl (C=O) groups is 1. The van der Waals surface area contributed by atoms with Crippen molar-refractivity contribution in [2.24, 2.45) is 0 Å². The number of H-pyrrole nitrogens is 1. The second-order valence-corrected chi connectivity index (χ2v) is 6.48. The van der Waals surface area contributed by atoms with Crippen molar-refractivity contribution in [3.05, 3.63) is 42.4 Å². The van der Waals surface area contributed by atoms with Gasteiger partial charge < -0.3 is 25.2 Å². The molecule has 152 valence electrons. The Bertz CT molecular complexity index is 983. The fourth-order valence-corrected chi connectivity index (χ4v) is 3.03. The molecule has 4 N–H and O–H groups in total. The third kappa shape index (κ3) is 4.49. The highest BCUT2D eigenvalue weighted by atomic mass is 16.6. The van der Waals surface area contributed by atoms with Gasteiger partial charge >= 0.3 is 0 Å². The summed E-state index contributed by atoms with van der Waals surface area (Å²) < 4.78 is 12.8. The van der Waals surface area contributed by atoms with Gasteiger partial charge in [0.05, 0.1) is 30.4 Å². The minimum Gasteiger partial charge on any atom is -0.486 e. The number of rotatable bonds is 8. The van der Waals surface area contributed by atoms with E-state index in [2.05, 4.69) is 25.9 Å². The Balaban J connectivity index is 1.39. The number of aromatic nitrogens is 4. The monoisotopic (exact) mass is 398 g/mol. The first kappa shape index (κ1) is 18.8. The molecule has 0 fully saturated rings. The lowest BCUT2D eigenvalue weighted by molar-refractivity contribution is -0.122. The third-order valence-electron chi connectivity index (χ3n) is 4.40. The Morgan fingerprint density at radius 3 is 2.97 bits per heavy atom. The van der Waals surface area contributed by atoms with Gasteiger partial charge in [-0.3, -0.25) is 14.6 Å². The van der Waals surface area contributed by atoms with Crippen LogP contribution in [0.3, 0.4) is 0 Å². The molecule has 0 unspecified atom stereocenters. The number of fused-ring (bicyclic) bond motifs is 1. The molecule has 0 radical (unpaired) electrons. The van der Waals surface area contributed by atoms with E-state index in [1.165, 1.54) is 4.68 Å². The molecule has 4 rings (SSSR count). The summed E-state index contributed by atoms with van der Waals surface area (Å²) in [7, 11) is 0. The summed E-state index contributed by atoms with van der Waals surface area (Å²) in [4.78, 5) is 11.7. The first-order valence-electron chi connectivity index (χ1n) is 9.29. The Hall–Kier alpha value is -3.53. The summed E-state index contributed by atoms with van der Waals surface area (Å²) in [6, 6.07) is 5.80. The van der Waals surface area contributed by atoms with Crippen LogP contribution in [0.4, 0.5) is 5.69 Å². The van der Waals surface area contributed by atoms with Gasteiger partial charge in [-0.2, -0.15) is 10.2 Å². The molecule has 1 amide bonds. The average Bonchev–Trinajstić information content (AvgIpc) is 3.39. The first-order chi connectivity index (χ1) is 14.2. The fraction of sp³-hybridized carbons (Fsp3) is 0.316. The lowest BCUT2D eigenvalue weighted by Gasteiger charge is -2.18. The van der Waals surface area contributed by atoms with Crippen LogP contribution < -0.4 is 20.1 Å². The van der Waals surface area contributed by atoms with E-state index in [4.69, 9.17) is 14.6 Å². The molecule has 0 spiro atoms. The second kappa shape index (κ2) is 8.65. The van der Waals surface area contributed by atoms with Gasteiger partial charge in [0.1, 0.15) is 19.8 Å². The zero-order valence-corrected chi connectivity index (χ0v) is 15.7. The van der Waals surface area contributed by atoms with E-state index in [1.54, 1.807) is 18.6 Å². The van der Waals surface area contributed by atoms with E-state index < -0.39 is 0 Å². The molecule has 0 atom stereocenters. The zero-order chi connectivity index (χ0) is 20.1. The van der Waals surface area contributed by atoms with Crippen molar-refractivity contribution in [2.45, 2.75) is 13.1 Å². The van der Waals surface area contributed by atoms with Crippen molar-refractivity contribution >= 4 is 11.6 Å².